The van der Waals surface area contributed by atoms with Crippen LogP contribution in [0.3, 0.4) is 0 Å². The third-order valence-corrected chi connectivity index (χ3v) is 4.07. The molecule has 0 saturated carbocycles. The van der Waals surface area contributed by atoms with Crippen LogP contribution in [0.5, 0.6) is 0 Å². The molecule has 1 saturated heterocycles. The molecule has 0 aromatic carbocycles. The lowest BCUT2D eigenvalue weighted by Gasteiger charge is -2.14. The van der Waals surface area contributed by atoms with Crippen LogP contribution in [-0.2, 0) is 4.74 Å². The molecule has 3 N–H and O–H groups in total. The molecule has 1 aliphatic heterocycles. The SMILES string of the molecule is Nc1nc(=O)n([C@H]2CS[C@H](CO)O2)cc1I. The summed E-state index contributed by atoms with van der Waals surface area (Å²) in [6.07, 6.45) is 1.24. The number of hydrogen-bond acceptors (Lipinski definition) is 6. The summed E-state index contributed by atoms with van der Waals surface area (Å²) in [5.74, 6) is 0.846. The number of rotatable bonds is 2. The average molecular weight is 355 g/mol. The molecule has 16 heavy (non-hydrogen) atoms. The van der Waals surface area contributed by atoms with Gasteiger partial charge in [-0.3, -0.25) is 4.57 Å². The van der Waals surface area contributed by atoms with Crippen molar-refractivity contribution >= 4 is 40.2 Å². The maximum Gasteiger partial charge on any atom is 0.351 e. The van der Waals surface area contributed by atoms with Crippen molar-refractivity contribution in [3.8, 4) is 0 Å². The molecule has 2 heterocycles. The highest BCUT2D eigenvalue weighted by molar-refractivity contribution is 14.1. The largest absolute Gasteiger partial charge is 0.393 e. The van der Waals surface area contributed by atoms with Crippen LogP contribution in [0.25, 0.3) is 0 Å². The summed E-state index contributed by atoms with van der Waals surface area (Å²) in [4.78, 5) is 15.3. The van der Waals surface area contributed by atoms with E-state index in [0.29, 0.717) is 9.32 Å². The van der Waals surface area contributed by atoms with Gasteiger partial charge in [-0.05, 0) is 22.6 Å². The third-order valence-electron chi connectivity index (χ3n) is 2.13. The molecular weight excluding hydrogens is 345 g/mol. The number of halogens is 1. The zero-order valence-electron chi connectivity index (χ0n) is 8.17. The Labute approximate surface area is 109 Å². The lowest BCUT2D eigenvalue weighted by Crippen LogP contribution is -2.29. The molecule has 0 aliphatic carbocycles. The van der Waals surface area contributed by atoms with Crippen molar-refractivity contribution in [3.05, 3.63) is 20.3 Å². The highest BCUT2D eigenvalue weighted by Crippen LogP contribution is 2.30. The van der Waals surface area contributed by atoms with Crippen LogP contribution in [0.1, 0.15) is 6.23 Å². The quantitative estimate of drug-likeness (QED) is 0.727. The topological polar surface area (TPSA) is 90.4 Å². The van der Waals surface area contributed by atoms with Gasteiger partial charge in [0.25, 0.3) is 0 Å². The van der Waals surface area contributed by atoms with Crippen molar-refractivity contribution in [3.63, 3.8) is 0 Å². The van der Waals surface area contributed by atoms with Crippen LogP contribution in [0, 0.1) is 3.57 Å². The van der Waals surface area contributed by atoms with Gasteiger partial charge in [0.15, 0.2) is 0 Å². The van der Waals surface area contributed by atoms with Crippen LogP contribution in [-0.4, -0.2) is 32.5 Å². The van der Waals surface area contributed by atoms with Gasteiger partial charge in [-0.2, -0.15) is 4.98 Å². The predicted octanol–water partition coefficient (Wildman–Crippen LogP) is 0.0105. The number of hydrogen-bond donors (Lipinski definition) is 2. The molecule has 1 aromatic rings. The average Bonchev–Trinajstić information content (AvgIpc) is 2.71. The smallest absolute Gasteiger partial charge is 0.351 e. The summed E-state index contributed by atoms with van der Waals surface area (Å²) in [7, 11) is 0. The fourth-order valence-corrected chi connectivity index (χ4v) is 2.70. The first-order valence-corrected chi connectivity index (χ1v) is 6.66. The van der Waals surface area contributed by atoms with Gasteiger partial charge in [-0.1, -0.05) is 0 Å². The van der Waals surface area contributed by atoms with Gasteiger partial charge in [0.2, 0.25) is 0 Å². The van der Waals surface area contributed by atoms with Gasteiger partial charge < -0.3 is 15.6 Å². The van der Waals surface area contributed by atoms with E-state index >= 15 is 0 Å². The van der Waals surface area contributed by atoms with Crippen molar-refractivity contribution < 1.29 is 9.84 Å². The molecular formula is C8H10IN3O3S. The van der Waals surface area contributed by atoms with Gasteiger partial charge in [0.05, 0.1) is 10.2 Å². The monoisotopic (exact) mass is 355 g/mol. The second kappa shape index (κ2) is 4.90. The molecule has 6 nitrogen and oxygen atoms in total. The molecule has 2 rings (SSSR count). The van der Waals surface area contributed by atoms with E-state index in [0.717, 1.165) is 0 Å². The molecule has 0 radical (unpaired) electrons. The molecule has 2 atom stereocenters. The fraction of sp³-hybridized carbons (Fsp3) is 0.500. The van der Waals surface area contributed by atoms with Gasteiger partial charge in [-0.15, -0.1) is 11.8 Å². The number of aliphatic hydroxyl groups is 1. The summed E-state index contributed by atoms with van der Waals surface area (Å²) >= 11 is 3.48. The zero-order chi connectivity index (χ0) is 11.7. The maximum absolute atomic E-state index is 11.6. The molecule has 1 fully saturated rings. The second-order valence-corrected chi connectivity index (χ2v) is 5.55. The normalized spacial score (nSPS) is 24.9. The Balaban J connectivity index is 2.28. The van der Waals surface area contributed by atoms with Gasteiger partial charge in [-0.25, -0.2) is 4.79 Å². The van der Waals surface area contributed by atoms with E-state index in [1.165, 1.54) is 16.3 Å². The molecule has 0 unspecified atom stereocenters. The Hall–Kier alpha value is -0.320. The Bertz CT molecular complexity index is 453. The van der Waals surface area contributed by atoms with Crippen LogP contribution < -0.4 is 11.4 Å². The van der Waals surface area contributed by atoms with Crippen molar-refractivity contribution in [1.82, 2.24) is 9.55 Å². The van der Waals surface area contributed by atoms with E-state index in [-0.39, 0.29) is 24.1 Å². The number of ether oxygens (including phenoxy) is 1. The molecule has 0 bridgehead atoms. The maximum atomic E-state index is 11.6. The Morgan fingerprint density at radius 3 is 3.19 bits per heavy atom. The van der Waals surface area contributed by atoms with E-state index in [9.17, 15) is 4.79 Å². The predicted molar refractivity (Wildman–Crippen MR) is 69.1 cm³/mol. The lowest BCUT2D eigenvalue weighted by molar-refractivity contribution is -0.00640. The summed E-state index contributed by atoms with van der Waals surface area (Å²) < 4.78 is 7.57. The highest BCUT2D eigenvalue weighted by atomic mass is 127. The number of nitrogens with two attached hydrogens (primary N) is 1. The van der Waals surface area contributed by atoms with Gasteiger partial charge in [0, 0.05) is 11.9 Å². The minimum absolute atomic E-state index is 0.0601. The van der Waals surface area contributed by atoms with E-state index in [1.54, 1.807) is 6.20 Å². The van der Waals surface area contributed by atoms with Crippen molar-refractivity contribution in [2.24, 2.45) is 0 Å². The van der Waals surface area contributed by atoms with Crippen LogP contribution >= 0.6 is 34.4 Å². The van der Waals surface area contributed by atoms with E-state index in [4.69, 9.17) is 15.6 Å². The Morgan fingerprint density at radius 2 is 2.56 bits per heavy atom. The van der Waals surface area contributed by atoms with Crippen molar-refractivity contribution in [2.45, 2.75) is 11.7 Å². The minimum Gasteiger partial charge on any atom is -0.393 e. The Kier molecular flexibility index (Phi) is 3.72. The number of nitrogen functional groups attached to an aromatic ring is 1. The van der Waals surface area contributed by atoms with Crippen LogP contribution in [0.4, 0.5) is 5.82 Å². The summed E-state index contributed by atoms with van der Waals surface area (Å²) in [5.41, 5.74) is 4.82. The van der Waals surface area contributed by atoms with Crippen LogP contribution in [0.2, 0.25) is 0 Å². The third kappa shape index (κ3) is 2.34. The number of thioether (sulfide) groups is 1. The fourth-order valence-electron chi connectivity index (χ4n) is 1.35. The van der Waals surface area contributed by atoms with Crippen molar-refractivity contribution in [1.29, 1.82) is 0 Å². The summed E-state index contributed by atoms with van der Waals surface area (Å²) in [5, 5.41) is 8.93. The molecule has 1 aromatic heterocycles. The number of aromatic nitrogens is 2. The first-order valence-electron chi connectivity index (χ1n) is 4.54. The first-order chi connectivity index (χ1) is 7.61. The zero-order valence-corrected chi connectivity index (χ0v) is 11.1. The van der Waals surface area contributed by atoms with E-state index in [1.807, 2.05) is 22.6 Å². The van der Waals surface area contributed by atoms with Crippen LogP contribution in [0.15, 0.2) is 11.0 Å². The molecule has 0 amide bonds. The standard InChI is InChI=1S/C8H10IN3O3S/c9-4-1-12(8(14)11-7(4)10)5-3-16-6(2-13)15-5/h1,5-6,13H,2-3H2,(H2,10,11,14)/t5-,6-/m1/s1. The second-order valence-electron chi connectivity index (χ2n) is 3.20. The summed E-state index contributed by atoms with van der Waals surface area (Å²) in [6.45, 7) is -0.0601. The van der Waals surface area contributed by atoms with E-state index in [2.05, 4.69) is 4.98 Å². The van der Waals surface area contributed by atoms with E-state index < -0.39 is 5.69 Å². The van der Waals surface area contributed by atoms with Gasteiger partial charge in [0.1, 0.15) is 17.5 Å². The first kappa shape index (κ1) is 12.1. The molecule has 1 aliphatic rings. The minimum atomic E-state index is -0.429. The Morgan fingerprint density at radius 1 is 1.81 bits per heavy atom. The van der Waals surface area contributed by atoms with Crippen molar-refractivity contribution in [2.75, 3.05) is 18.1 Å². The van der Waals surface area contributed by atoms with Gasteiger partial charge >= 0.3 is 5.69 Å². The lowest BCUT2D eigenvalue weighted by atomic mass is 10.5. The number of aliphatic hydroxyl groups excluding tert-OH is 1. The number of anilines is 1. The molecule has 88 valence electrons. The molecule has 0 spiro atoms. The molecule has 8 heteroatoms. The summed E-state index contributed by atoms with van der Waals surface area (Å²) in [6, 6.07) is 0. The highest BCUT2D eigenvalue weighted by Gasteiger charge is 2.27. The number of nitrogens with zero attached hydrogens (tertiary/aromatic N) is 2.